The molecule has 0 amide bonds. The molecule has 2 rings (SSSR count). The van der Waals surface area contributed by atoms with Crippen LogP contribution in [0.1, 0.15) is 5.56 Å². The van der Waals surface area contributed by atoms with E-state index in [9.17, 15) is 0 Å². The Morgan fingerprint density at radius 3 is 2.76 bits per heavy atom. The van der Waals surface area contributed by atoms with Crippen molar-refractivity contribution in [3.8, 4) is 11.1 Å². The molecule has 0 radical (unpaired) electrons. The van der Waals surface area contributed by atoms with Crippen LogP contribution in [0, 0.1) is 0 Å². The Bertz CT molecular complexity index is 534. The Kier molecular flexibility index (Phi) is 3.41. The zero-order valence-corrected chi connectivity index (χ0v) is 10.4. The Morgan fingerprint density at radius 2 is 2.18 bits per heavy atom. The van der Waals surface area contributed by atoms with Crippen LogP contribution in [0.15, 0.2) is 30.6 Å². The third kappa shape index (κ3) is 2.46. The fourth-order valence-electron chi connectivity index (χ4n) is 1.90. The van der Waals surface area contributed by atoms with Gasteiger partial charge >= 0.3 is 0 Å². The van der Waals surface area contributed by atoms with Crippen molar-refractivity contribution in [3.05, 3.63) is 41.2 Å². The molecular formula is C13H15ClN2O. The van der Waals surface area contributed by atoms with Crippen LogP contribution in [-0.4, -0.2) is 16.3 Å². The van der Waals surface area contributed by atoms with Crippen molar-refractivity contribution in [2.75, 3.05) is 12.3 Å². The van der Waals surface area contributed by atoms with E-state index in [4.69, 9.17) is 22.4 Å². The number of anilines is 1. The number of nitrogens with zero attached hydrogens (tertiary/aromatic N) is 1. The predicted molar refractivity (Wildman–Crippen MR) is 71.1 cm³/mol. The molecule has 17 heavy (non-hydrogen) atoms. The zero-order chi connectivity index (χ0) is 12.4. The summed E-state index contributed by atoms with van der Waals surface area (Å²) in [5.74, 6) is 0. The average Bonchev–Trinajstić information content (AvgIpc) is 2.70. The Hall–Kier alpha value is -1.45. The molecule has 0 saturated heterocycles. The lowest BCUT2D eigenvalue weighted by Gasteiger charge is -2.10. The van der Waals surface area contributed by atoms with E-state index < -0.39 is 0 Å². The predicted octanol–water partition coefficient (Wildman–Crippen LogP) is 2.46. The van der Waals surface area contributed by atoms with Gasteiger partial charge in [0.2, 0.25) is 0 Å². The van der Waals surface area contributed by atoms with E-state index in [0.717, 1.165) is 16.7 Å². The number of hydrogen-bond acceptors (Lipinski definition) is 2. The van der Waals surface area contributed by atoms with Crippen molar-refractivity contribution in [1.29, 1.82) is 0 Å². The molecule has 0 fully saturated rings. The minimum absolute atomic E-state index is 0.0682. The highest BCUT2D eigenvalue weighted by Gasteiger charge is 2.10. The van der Waals surface area contributed by atoms with Gasteiger partial charge in [-0.2, -0.15) is 0 Å². The highest BCUT2D eigenvalue weighted by molar-refractivity contribution is 6.31. The smallest absolute Gasteiger partial charge is 0.0472 e. The van der Waals surface area contributed by atoms with Gasteiger partial charge in [0.25, 0.3) is 0 Å². The van der Waals surface area contributed by atoms with E-state index in [-0.39, 0.29) is 6.61 Å². The lowest BCUT2D eigenvalue weighted by Crippen LogP contribution is -2.00. The first-order valence-corrected chi connectivity index (χ1v) is 5.80. The number of halogens is 1. The van der Waals surface area contributed by atoms with Gasteiger partial charge in [0, 0.05) is 47.9 Å². The molecule has 4 heteroatoms. The fourth-order valence-corrected chi connectivity index (χ4v) is 2.14. The second-order valence-electron chi connectivity index (χ2n) is 4.07. The number of benzene rings is 1. The van der Waals surface area contributed by atoms with Crippen LogP contribution in [0.2, 0.25) is 5.02 Å². The van der Waals surface area contributed by atoms with Crippen LogP contribution in [-0.2, 0) is 13.5 Å². The zero-order valence-electron chi connectivity index (χ0n) is 9.65. The Morgan fingerprint density at radius 1 is 1.41 bits per heavy atom. The molecule has 1 aromatic carbocycles. The molecule has 0 spiro atoms. The largest absolute Gasteiger partial charge is 0.398 e. The van der Waals surface area contributed by atoms with E-state index in [1.807, 2.05) is 36.1 Å². The molecular weight excluding hydrogens is 236 g/mol. The van der Waals surface area contributed by atoms with Gasteiger partial charge in [0.15, 0.2) is 0 Å². The molecule has 90 valence electrons. The van der Waals surface area contributed by atoms with Gasteiger partial charge in [-0.25, -0.2) is 0 Å². The van der Waals surface area contributed by atoms with Crippen molar-refractivity contribution in [2.45, 2.75) is 6.42 Å². The van der Waals surface area contributed by atoms with Gasteiger partial charge in [-0.05, 0) is 30.2 Å². The van der Waals surface area contributed by atoms with Crippen LogP contribution in [0.25, 0.3) is 11.1 Å². The maximum atomic E-state index is 9.00. The first-order chi connectivity index (χ1) is 8.11. The van der Waals surface area contributed by atoms with Crippen LogP contribution < -0.4 is 5.73 Å². The van der Waals surface area contributed by atoms with Gasteiger partial charge in [-0.15, -0.1) is 0 Å². The molecule has 0 unspecified atom stereocenters. The molecule has 1 aromatic heterocycles. The van der Waals surface area contributed by atoms with Crippen molar-refractivity contribution >= 4 is 17.3 Å². The highest BCUT2D eigenvalue weighted by atomic mass is 35.5. The number of aliphatic hydroxyl groups is 1. The highest BCUT2D eigenvalue weighted by Crippen LogP contribution is 2.32. The SMILES string of the molecule is Cn1ccc(-c2cc(Cl)cc(CCO)c2N)c1. The van der Waals surface area contributed by atoms with Crippen LogP contribution in [0.3, 0.4) is 0 Å². The quantitative estimate of drug-likeness (QED) is 0.823. The van der Waals surface area contributed by atoms with Crippen molar-refractivity contribution in [3.63, 3.8) is 0 Å². The molecule has 0 aliphatic rings. The van der Waals surface area contributed by atoms with Gasteiger partial charge in [-0.1, -0.05) is 11.6 Å². The summed E-state index contributed by atoms with van der Waals surface area (Å²) in [6.45, 7) is 0.0682. The number of nitrogen functional groups attached to an aromatic ring is 1. The Labute approximate surface area is 105 Å². The molecule has 0 aliphatic heterocycles. The third-order valence-electron chi connectivity index (χ3n) is 2.75. The summed E-state index contributed by atoms with van der Waals surface area (Å²) in [4.78, 5) is 0. The van der Waals surface area contributed by atoms with Crippen molar-refractivity contribution < 1.29 is 5.11 Å². The van der Waals surface area contributed by atoms with Gasteiger partial charge in [0.05, 0.1) is 0 Å². The number of hydrogen-bond donors (Lipinski definition) is 2. The summed E-state index contributed by atoms with van der Waals surface area (Å²) in [7, 11) is 1.96. The van der Waals surface area contributed by atoms with E-state index in [1.165, 1.54) is 0 Å². The van der Waals surface area contributed by atoms with E-state index >= 15 is 0 Å². The lowest BCUT2D eigenvalue weighted by molar-refractivity contribution is 0.300. The van der Waals surface area contributed by atoms with Crippen LogP contribution in [0.5, 0.6) is 0 Å². The van der Waals surface area contributed by atoms with Gasteiger partial charge in [-0.3, -0.25) is 0 Å². The Balaban J connectivity index is 2.53. The molecule has 3 nitrogen and oxygen atoms in total. The summed E-state index contributed by atoms with van der Waals surface area (Å²) in [5, 5.41) is 9.64. The normalized spacial score (nSPS) is 10.8. The molecule has 3 N–H and O–H groups in total. The molecule has 0 atom stereocenters. The van der Waals surface area contributed by atoms with Crippen molar-refractivity contribution in [1.82, 2.24) is 4.57 Å². The monoisotopic (exact) mass is 250 g/mol. The summed E-state index contributed by atoms with van der Waals surface area (Å²) in [6, 6.07) is 5.65. The molecule has 0 bridgehead atoms. The van der Waals surface area contributed by atoms with E-state index in [1.54, 1.807) is 6.07 Å². The first-order valence-electron chi connectivity index (χ1n) is 5.43. The molecule has 0 saturated carbocycles. The number of rotatable bonds is 3. The fraction of sp³-hybridized carbons (Fsp3) is 0.231. The minimum atomic E-state index is 0.0682. The summed E-state index contributed by atoms with van der Waals surface area (Å²) in [6.07, 6.45) is 4.47. The van der Waals surface area contributed by atoms with Crippen LogP contribution >= 0.6 is 11.6 Å². The molecule has 2 aromatic rings. The third-order valence-corrected chi connectivity index (χ3v) is 2.97. The topological polar surface area (TPSA) is 51.2 Å². The summed E-state index contributed by atoms with van der Waals surface area (Å²) < 4.78 is 1.96. The molecule has 1 heterocycles. The van der Waals surface area contributed by atoms with Crippen LogP contribution in [0.4, 0.5) is 5.69 Å². The molecule has 0 aliphatic carbocycles. The minimum Gasteiger partial charge on any atom is -0.398 e. The van der Waals surface area contributed by atoms with Crippen molar-refractivity contribution in [2.24, 2.45) is 7.05 Å². The lowest BCUT2D eigenvalue weighted by atomic mass is 10.0. The second kappa shape index (κ2) is 4.82. The number of aliphatic hydroxyl groups excluding tert-OH is 1. The second-order valence-corrected chi connectivity index (χ2v) is 4.50. The van der Waals surface area contributed by atoms with E-state index in [2.05, 4.69) is 0 Å². The van der Waals surface area contributed by atoms with E-state index in [0.29, 0.717) is 17.1 Å². The maximum Gasteiger partial charge on any atom is 0.0472 e. The number of nitrogens with two attached hydrogens (primary N) is 1. The summed E-state index contributed by atoms with van der Waals surface area (Å²) in [5.41, 5.74) is 9.63. The number of aryl methyl sites for hydroxylation is 1. The first kappa shape index (κ1) is 12.0. The number of aromatic nitrogens is 1. The van der Waals surface area contributed by atoms with Gasteiger partial charge in [0.1, 0.15) is 0 Å². The maximum absolute atomic E-state index is 9.00. The standard InChI is InChI=1S/C13H15ClN2O/c1-16-4-2-10(8-16)12-7-11(14)6-9(3-5-17)13(12)15/h2,4,6-8,17H,3,5,15H2,1H3. The van der Waals surface area contributed by atoms with Gasteiger partial charge < -0.3 is 15.4 Å². The summed E-state index contributed by atoms with van der Waals surface area (Å²) >= 11 is 6.07. The average molecular weight is 251 g/mol.